The largest absolute Gasteiger partial charge is 0.508 e. The van der Waals surface area contributed by atoms with Crippen molar-refractivity contribution in [1.82, 2.24) is 36.6 Å². The Morgan fingerprint density at radius 2 is 1.09 bits per heavy atom. The minimum atomic E-state index is -1.33. The summed E-state index contributed by atoms with van der Waals surface area (Å²) in [6.45, 7) is 0.835. The summed E-state index contributed by atoms with van der Waals surface area (Å²) in [6, 6.07) is 15.8. The SMILES string of the molecule is CC(=O)NCC(=O)NC(Cc1c[nH]cn1)C(=O)NC(Cc1ccc(O)cc1)C(=O)NC(Cc1ccc(O)cc1)C(=O)NC(Cc1ccccc1)C(N)=O. The molecule has 0 fully saturated rings. The van der Waals surface area contributed by atoms with Gasteiger partial charge in [0.05, 0.1) is 18.6 Å². The molecular weight excluding hydrogens is 684 g/mol. The monoisotopic (exact) mass is 726 g/mol. The molecule has 6 amide bonds. The third-order valence-corrected chi connectivity index (χ3v) is 8.08. The topological polar surface area (TPSA) is 258 Å². The van der Waals surface area contributed by atoms with Crippen LogP contribution in [0.4, 0.5) is 0 Å². The van der Waals surface area contributed by atoms with Gasteiger partial charge >= 0.3 is 0 Å². The Hall–Kier alpha value is -6.71. The number of primary amides is 1. The summed E-state index contributed by atoms with van der Waals surface area (Å²) in [5.41, 5.74) is 7.92. The molecule has 278 valence electrons. The number of hydrogen-bond acceptors (Lipinski definition) is 9. The van der Waals surface area contributed by atoms with Gasteiger partial charge in [0, 0.05) is 38.8 Å². The lowest BCUT2D eigenvalue weighted by Crippen LogP contribution is -2.59. The van der Waals surface area contributed by atoms with Crippen LogP contribution >= 0.6 is 0 Å². The standard InChI is InChI=1S/C37H42N8O8/c1-22(46)40-20-33(49)42-32(18-26-19-39-21-41-26)37(53)45-31(17-25-9-13-28(48)14-10-25)36(52)44-30(16-24-7-11-27(47)12-8-24)35(51)43-29(34(38)50)15-23-5-3-2-4-6-23/h2-14,19,21,29-32,47-48H,15-18,20H2,1H3,(H2,38,50)(H,39,41)(H,40,46)(H,42,49)(H,43,51)(H,44,52)(H,45,53). The fraction of sp³-hybridized carbons (Fsp3) is 0.270. The predicted molar refractivity (Wildman–Crippen MR) is 192 cm³/mol. The van der Waals surface area contributed by atoms with Crippen molar-refractivity contribution in [2.45, 2.75) is 56.8 Å². The quantitative estimate of drug-likeness (QED) is 0.0649. The van der Waals surface area contributed by atoms with E-state index in [1.807, 2.05) is 0 Å². The van der Waals surface area contributed by atoms with Crippen LogP contribution in [0.3, 0.4) is 0 Å². The Labute approximate surface area is 305 Å². The van der Waals surface area contributed by atoms with Gasteiger partial charge in [0.15, 0.2) is 0 Å². The maximum Gasteiger partial charge on any atom is 0.243 e. The first-order valence-corrected chi connectivity index (χ1v) is 16.7. The second-order valence-electron chi connectivity index (χ2n) is 12.3. The summed E-state index contributed by atoms with van der Waals surface area (Å²) in [5.74, 6) is -4.23. The van der Waals surface area contributed by atoms with E-state index >= 15 is 0 Å². The number of nitrogens with one attached hydrogen (secondary N) is 6. The predicted octanol–water partition coefficient (Wildman–Crippen LogP) is -0.348. The number of benzene rings is 3. The number of carbonyl (C=O) groups excluding carboxylic acids is 6. The number of rotatable bonds is 18. The highest BCUT2D eigenvalue weighted by Crippen LogP contribution is 2.15. The van der Waals surface area contributed by atoms with Crippen molar-refractivity contribution in [3.63, 3.8) is 0 Å². The molecule has 0 radical (unpaired) electrons. The Balaban J connectivity index is 1.61. The van der Waals surface area contributed by atoms with Crippen LogP contribution in [0.5, 0.6) is 11.5 Å². The van der Waals surface area contributed by atoms with Gasteiger partial charge in [0.1, 0.15) is 35.7 Å². The highest BCUT2D eigenvalue weighted by atomic mass is 16.3. The Morgan fingerprint density at radius 3 is 1.55 bits per heavy atom. The van der Waals surface area contributed by atoms with E-state index in [1.54, 1.807) is 54.6 Å². The third-order valence-electron chi connectivity index (χ3n) is 8.08. The van der Waals surface area contributed by atoms with Gasteiger partial charge < -0.3 is 47.5 Å². The van der Waals surface area contributed by atoms with Gasteiger partial charge in [-0.05, 0) is 41.0 Å². The van der Waals surface area contributed by atoms with Crippen LogP contribution in [0.25, 0.3) is 0 Å². The van der Waals surface area contributed by atoms with Crippen molar-refractivity contribution in [2.75, 3.05) is 6.54 Å². The van der Waals surface area contributed by atoms with E-state index in [9.17, 15) is 39.0 Å². The fourth-order valence-corrected chi connectivity index (χ4v) is 5.31. The molecule has 3 aromatic carbocycles. The van der Waals surface area contributed by atoms with E-state index < -0.39 is 66.2 Å². The number of H-pyrrole nitrogens is 1. The van der Waals surface area contributed by atoms with Crippen molar-refractivity contribution in [1.29, 1.82) is 0 Å². The van der Waals surface area contributed by atoms with Crippen LogP contribution in [0.15, 0.2) is 91.4 Å². The van der Waals surface area contributed by atoms with E-state index in [0.29, 0.717) is 16.8 Å². The maximum atomic E-state index is 14.1. The minimum Gasteiger partial charge on any atom is -0.508 e. The molecule has 0 saturated carbocycles. The molecule has 16 nitrogen and oxygen atoms in total. The van der Waals surface area contributed by atoms with Gasteiger partial charge in [-0.3, -0.25) is 28.8 Å². The number of aromatic amines is 1. The van der Waals surface area contributed by atoms with Gasteiger partial charge in [-0.25, -0.2) is 4.98 Å². The third kappa shape index (κ3) is 12.8. The Bertz CT molecular complexity index is 1850. The number of imidazole rings is 1. The van der Waals surface area contributed by atoms with Gasteiger partial charge in [-0.1, -0.05) is 54.6 Å². The van der Waals surface area contributed by atoms with Crippen molar-refractivity contribution in [3.05, 3.63) is 114 Å². The number of carbonyl (C=O) groups is 6. The first-order chi connectivity index (χ1) is 25.4. The minimum absolute atomic E-state index is 0.0133. The summed E-state index contributed by atoms with van der Waals surface area (Å²) in [5, 5.41) is 32.6. The van der Waals surface area contributed by atoms with Crippen LogP contribution in [-0.2, 0) is 54.5 Å². The van der Waals surface area contributed by atoms with Crippen molar-refractivity contribution in [3.8, 4) is 11.5 Å². The molecule has 0 aliphatic heterocycles. The van der Waals surface area contributed by atoms with E-state index in [0.717, 1.165) is 5.56 Å². The molecular formula is C37H42N8O8. The van der Waals surface area contributed by atoms with Crippen LogP contribution in [0.2, 0.25) is 0 Å². The molecule has 4 rings (SSSR count). The Morgan fingerprint density at radius 1 is 0.642 bits per heavy atom. The van der Waals surface area contributed by atoms with E-state index in [-0.39, 0.29) is 37.2 Å². The first-order valence-electron chi connectivity index (χ1n) is 16.7. The maximum absolute atomic E-state index is 14.1. The zero-order valence-electron chi connectivity index (χ0n) is 28.9. The number of hydrogen-bond donors (Lipinski definition) is 9. The molecule has 0 spiro atoms. The number of aromatic nitrogens is 2. The highest BCUT2D eigenvalue weighted by molar-refractivity contribution is 5.96. The molecule has 4 atom stereocenters. The number of amides is 6. The van der Waals surface area contributed by atoms with Crippen molar-refractivity contribution < 1.29 is 39.0 Å². The average Bonchev–Trinajstić information content (AvgIpc) is 3.65. The first kappa shape index (κ1) is 39.1. The van der Waals surface area contributed by atoms with Gasteiger partial charge in [-0.15, -0.1) is 0 Å². The second kappa shape index (κ2) is 19.1. The number of aromatic hydroxyl groups is 2. The van der Waals surface area contributed by atoms with Crippen LogP contribution in [-0.4, -0.2) is 86.3 Å². The summed E-state index contributed by atoms with van der Waals surface area (Å²) in [6.07, 6.45) is 2.77. The fourth-order valence-electron chi connectivity index (χ4n) is 5.31. The zero-order valence-corrected chi connectivity index (χ0v) is 28.9. The van der Waals surface area contributed by atoms with Crippen LogP contribution in [0, 0.1) is 0 Å². The molecule has 0 aliphatic carbocycles. The molecule has 10 N–H and O–H groups in total. The zero-order chi connectivity index (χ0) is 38.3. The highest BCUT2D eigenvalue weighted by Gasteiger charge is 2.32. The van der Waals surface area contributed by atoms with Crippen molar-refractivity contribution >= 4 is 35.4 Å². The Kier molecular flexibility index (Phi) is 14.0. The number of phenolic OH excluding ortho intramolecular Hbond substituents is 2. The van der Waals surface area contributed by atoms with Crippen molar-refractivity contribution in [2.24, 2.45) is 5.73 Å². The van der Waals surface area contributed by atoms with E-state index in [4.69, 9.17) is 5.73 Å². The summed E-state index contributed by atoms with van der Waals surface area (Å²) in [4.78, 5) is 85.1. The lowest BCUT2D eigenvalue weighted by molar-refractivity contribution is -0.134. The molecule has 1 heterocycles. The molecule has 53 heavy (non-hydrogen) atoms. The smallest absolute Gasteiger partial charge is 0.243 e. The van der Waals surface area contributed by atoms with Crippen LogP contribution < -0.4 is 32.3 Å². The number of nitrogens with two attached hydrogens (primary N) is 1. The number of nitrogens with zero attached hydrogens (tertiary/aromatic N) is 1. The lowest BCUT2D eigenvalue weighted by atomic mass is 10.0. The molecule has 0 aliphatic rings. The molecule has 0 bridgehead atoms. The molecule has 4 aromatic rings. The molecule has 1 aromatic heterocycles. The molecule has 16 heteroatoms. The molecule has 4 unspecified atom stereocenters. The lowest BCUT2D eigenvalue weighted by Gasteiger charge is -2.26. The normalized spacial score (nSPS) is 13.0. The van der Waals surface area contributed by atoms with Gasteiger partial charge in [0.25, 0.3) is 0 Å². The van der Waals surface area contributed by atoms with E-state index in [1.165, 1.54) is 43.7 Å². The summed E-state index contributed by atoms with van der Waals surface area (Å²) in [7, 11) is 0. The second-order valence-corrected chi connectivity index (χ2v) is 12.3. The van der Waals surface area contributed by atoms with E-state index in [2.05, 4.69) is 36.6 Å². The summed E-state index contributed by atoms with van der Waals surface area (Å²) >= 11 is 0. The number of phenols is 2. The summed E-state index contributed by atoms with van der Waals surface area (Å²) < 4.78 is 0. The van der Waals surface area contributed by atoms with Gasteiger partial charge in [-0.2, -0.15) is 0 Å². The van der Waals surface area contributed by atoms with Crippen LogP contribution in [0.1, 0.15) is 29.3 Å². The molecule has 0 saturated heterocycles. The van der Waals surface area contributed by atoms with Gasteiger partial charge in [0.2, 0.25) is 35.4 Å². The average molecular weight is 727 g/mol.